The molecule has 1 fully saturated rings. The summed E-state index contributed by atoms with van der Waals surface area (Å²) in [6.45, 7) is 12.1. The molecule has 1 N–H and O–H groups in total. The van der Waals surface area contributed by atoms with E-state index < -0.39 is 0 Å². The summed E-state index contributed by atoms with van der Waals surface area (Å²) in [6, 6.07) is 15.4. The van der Waals surface area contributed by atoms with Crippen molar-refractivity contribution >= 4 is 27.7 Å². The second-order valence-electron chi connectivity index (χ2n) is 10.8. The van der Waals surface area contributed by atoms with Gasteiger partial charge in [-0.3, -0.25) is 9.59 Å². The van der Waals surface area contributed by atoms with Crippen LogP contribution >= 0.6 is 0 Å². The Morgan fingerprint density at radius 3 is 2.00 bits per heavy atom. The Labute approximate surface area is 196 Å². The van der Waals surface area contributed by atoms with Crippen molar-refractivity contribution in [3.05, 3.63) is 58.8 Å². The van der Waals surface area contributed by atoms with Gasteiger partial charge in [-0.05, 0) is 71.2 Å². The van der Waals surface area contributed by atoms with Crippen LogP contribution < -0.4 is 10.7 Å². The number of amides is 1. The number of aromatic nitrogens is 1. The number of benzene rings is 2. The Morgan fingerprint density at radius 1 is 0.970 bits per heavy atom. The minimum Gasteiger partial charge on any atom is -0.338 e. The zero-order chi connectivity index (χ0) is 23.8. The third-order valence-electron chi connectivity index (χ3n) is 6.85. The van der Waals surface area contributed by atoms with Crippen LogP contribution in [0.15, 0.2) is 53.3 Å². The number of hydrogen-bond donors (Lipinski definition) is 1. The van der Waals surface area contributed by atoms with Gasteiger partial charge < -0.3 is 14.8 Å². The number of para-hydroxylation sites is 2. The number of pyridine rings is 1. The van der Waals surface area contributed by atoms with Crippen LogP contribution in [0.1, 0.15) is 60.3 Å². The Kier molecular flexibility index (Phi) is 6.37. The molecule has 0 aliphatic carbocycles. The quantitative estimate of drug-likeness (QED) is 0.536. The summed E-state index contributed by atoms with van der Waals surface area (Å²) >= 11 is 0. The maximum Gasteiger partial charge on any atom is 0.242 e. The molecule has 2 aromatic carbocycles. The van der Waals surface area contributed by atoms with Gasteiger partial charge in [0.25, 0.3) is 0 Å². The fourth-order valence-corrected chi connectivity index (χ4v) is 5.80. The third kappa shape index (κ3) is 4.84. The average Bonchev–Trinajstić information content (AvgIpc) is 2.75. The van der Waals surface area contributed by atoms with Crippen molar-refractivity contribution in [2.24, 2.45) is 0 Å². The summed E-state index contributed by atoms with van der Waals surface area (Å²) in [7, 11) is 0. The zero-order valence-electron chi connectivity index (χ0n) is 20.6. The van der Waals surface area contributed by atoms with Crippen molar-refractivity contribution in [2.75, 3.05) is 6.54 Å². The molecule has 0 atom stereocenters. The van der Waals surface area contributed by atoms with Crippen LogP contribution in [0, 0.1) is 0 Å². The molecule has 0 spiro atoms. The molecule has 1 amide bonds. The van der Waals surface area contributed by atoms with Crippen LogP contribution in [0.4, 0.5) is 0 Å². The Morgan fingerprint density at radius 2 is 1.48 bits per heavy atom. The first-order valence-corrected chi connectivity index (χ1v) is 12.2. The predicted octanol–water partition coefficient (Wildman–Crippen LogP) is 5.09. The summed E-state index contributed by atoms with van der Waals surface area (Å²) < 4.78 is 2.03. The van der Waals surface area contributed by atoms with Crippen molar-refractivity contribution in [3.8, 4) is 0 Å². The normalized spacial score (nSPS) is 18.0. The number of hydrogen-bond acceptors (Lipinski definition) is 3. The van der Waals surface area contributed by atoms with E-state index in [1.807, 2.05) is 53.1 Å². The van der Waals surface area contributed by atoms with Crippen molar-refractivity contribution in [2.45, 2.75) is 84.0 Å². The fourth-order valence-electron chi connectivity index (χ4n) is 5.80. The lowest BCUT2D eigenvalue weighted by Crippen LogP contribution is -2.63. The molecule has 5 nitrogen and oxygen atoms in total. The summed E-state index contributed by atoms with van der Waals surface area (Å²) in [5, 5.41) is 5.06. The van der Waals surface area contributed by atoms with Crippen molar-refractivity contribution in [3.63, 3.8) is 0 Å². The van der Waals surface area contributed by atoms with E-state index in [0.29, 0.717) is 10.8 Å². The summed E-state index contributed by atoms with van der Waals surface area (Å²) in [4.78, 5) is 29.1. The molecule has 2 heterocycles. The highest BCUT2D eigenvalue weighted by molar-refractivity contribution is 5.94. The maximum absolute atomic E-state index is 13.9. The van der Waals surface area contributed by atoms with E-state index in [-0.39, 0.29) is 35.0 Å². The summed E-state index contributed by atoms with van der Waals surface area (Å²) in [5.74, 6) is 0.126. The second kappa shape index (κ2) is 8.94. The largest absolute Gasteiger partial charge is 0.338 e. The molecule has 0 saturated carbocycles. The maximum atomic E-state index is 13.9. The highest BCUT2D eigenvalue weighted by atomic mass is 16.2. The van der Waals surface area contributed by atoms with Gasteiger partial charge in [0.2, 0.25) is 5.91 Å². The molecular weight excluding hydrogens is 410 g/mol. The second-order valence-corrected chi connectivity index (χ2v) is 10.8. The highest BCUT2D eigenvalue weighted by Gasteiger charge is 2.41. The minimum atomic E-state index is -0.0338. The fraction of sp³-hybridized carbons (Fsp3) is 0.500. The van der Waals surface area contributed by atoms with Gasteiger partial charge in [0.05, 0.1) is 11.0 Å². The van der Waals surface area contributed by atoms with Crippen LogP contribution in [-0.4, -0.2) is 39.0 Å². The van der Waals surface area contributed by atoms with Crippen LogP contribution in [0.2, 0.25) is 0 Å². The first kappa shape index (κ1) is 23.5. The van der Waals surface area contributed by atoms with Gasteiger partial charge in [-0.25, -0.2) is 0 Å². The number of fused-ring (bicyclic) bond motifs is 2. The van der Waals surface area contributed by atoms with E-state index >= 15 is 0 Å². The molecule has 1 aliphatic rings. The summed E-state index contributed by atoms with van der Waals surface area (Å²) in [6.07, 6.45) is 3.89. The molecule has 1 aromatic heterocycles. The van der Waals surface area contributed by atoms with Gasteiger partial charge in [0.15, 0.2) is 5.43 Å². The lowest BCUT2D eigenvalue weighted by molar-refractivity contribution is -0.136. The van der Waals surface area contributed by atoms with Crippen LogP contribution in [0.25, 0.3) is 21.8 Å². The molecule has 0 unspecified atom stereocenters. The molecule has 3 aromatic rings. The predicted molar refractivity (Wildman–Crippen MR) is 137 cm³/mol. The first-order valence-electron chi connectivity index (χ1n) is 12.2. The molecule has 1 aliphatic heterocycles. The van der Waals surface area contributed by atoms with Crippen LogP contribution in [-0.2, 0) is 11.3 Å². The zero-order valence-corrected chi connectivity index (χ0v) is 20.6. The minimum absolute atomic E-state index is 0.0228. The lowest BCUT2D eigenvalue weighted by Gasteiger charge is -2.49. The van der Waals surface area contributed by atoms with Crippen LogP contribution in [0.3, 0.4) is 0 Å². The molecule has 5 heteroatoms. The number of carbonyl (C=O) groups excluding carboxylic acids is 1. The SMILES string of the molecule is CCCCN(C(=O)Cn1c2ccccc2c(=O)c2ccccc21)C1CC(C)(C)NC(C)(C)C1. The molecule has 176 valence electrons. The van der Waals surface area contributed by atoms with E-state index in [1.54, 1.807) is 0 Å². The number of nitrogens with one attached hydrogen (secondary N) is 1. The summed E-state index contributed by atoms with van der Waals surface area (Å²) in [5.41, 5.74) is 1.59. The lowest BCUT2D eigenvalue weighted by atomic mass is 9.79. The number of unbranched alkanes of at least 4 members (excludes halogenated alkanes) is 1. The Hall–Kier alpha value is -2.66. The Bertz CT molecular complexity index is 1150. The van der Waals surface area contributed by atoms with Gasteiger partial charge in [-0.1, -0.05) is 37.6 Å². The third-order valence-corrected chi connectivity index (χ3v) is 6.85. The standard InChI is InChI=1S/C28H37N3O2/c1-6-7-16-30(20-17-27(2,3)29-28(4,5)18-20)25(32)19-31-23-14-10-8-12-21(23)26(33)22-13-9-11-15-24(22)31/h8-15,20,29H,6-7,16-19H2,1-5H3. The number of nitrogens with zero attached hydrogens (tertiary/aromatic N) is 2. The van der Waals surface area contributed by atoms with E-state index in [9.17, 15) is 9.59 Å². The van der Waals surface area contributed by atoms with E-state index in [1.165, 1.54) is 0 Å². The van der Waals surface area contributed by atoms with Crippen molar-refractivity contribution in [1.82, 2.24) is 14.8 Å². The van der Waals surface area contributed by atoms with Gasteiger partial charge in [-0.2, -0.15) is 0 Å². The Balaban J connectivity index is 1.76. The number of piperidine rings is 1. The molecule has 0 radical (unpaired) electrons. The van der Waals surface area contributed by atoms with Gasteiger partial charge in [0.1, 0.15) is 6.54 Å². The first-order chi connectivity index (χ1) is 15.6. The molecule has 33 heavy (non-hydrogen) atoms. The average molecular weight is 448 g/mol. The molecule has 0 bridgehead atoms. The van der Waals surface area contributed by atoms with E-state index in [2.05, 4.69) is 44.8 Å². The smallest absolute Gasteiger partial charge is 0.242 e. The van der Waals surface area contributed by atoms with E-state index in [4.69, 9.17) is 0 Å². The number of carbonyl (C=O) groups is 1. The topological polar surface area (TPSA) is 54.3 Å². The molecule has 1 saturated heterocycles. The monoisotopic (exact) mass is 447 g/mol. The van der Waals surface area contributed by atoms with Crippen LogP contribution in [0.5, 0.6) is 0 Å². The van der Waals surface area contributed by atoms with Gasteiger partial charge in [0, 0.05) is 34.4 Å². The molecule has 4 rings (SSSR count). The van der Waals surface area contributed by atoms with Gasteiger partial charge >= 0.3 is 0 Å². The van der Waals surface area contributed by atoms with E-state index in [0.717, 1.165) is 43.3 Å². The number of rotatable bonds is 6. The molecular formula is C28H37N3O2. The highest BCUT2D eigenvalue weighted by Crippen LogP contribution is 2.32. The van der Waals surface area contributed by atoms with Crippen molar-refractivity contribution in [1.29, 1.82) is 0 Å². The van der Waals surface area contributed by atoms with Crippen molar-refractivity contribution < 1.29 is 4.79 Å². The van der Waals surface area contributed by atoms with Gasteiger partial charge in [-0.15, -0.1) is 0 Å².